The third-order valence-electron chi connectivity index (χ3n) is 3.33. The SMILES string of the molecule is CC(NC1C[C@H](C)Sc2sccc21)c1ccco1. The number of rotatable bonds is 3. The molecule has 0 saturated heterocycles. The number of thiophene rings is 1. The van der Waals surface area contributed by atoms with Crippen LogP contribution in [-0.4, -0.2) is 5.25 Å². The van der Waals surface area contributed by atoms with Crippen molar-refractivity contribution in [1.29, 1.82) is 0 Å². The Labute approximate surface area is 116 Å². The molecule has 3 atom stereocenters. The van der Waals surface area contributed by atoms with Crippen LogP contribution in [0.25, 0.3) is 0 Å². The Hall–Kier alpha value is -0.710. The summed E-state index contributed by atoms with van der Waals surface area (Å²) in [7, 11) is 0. The molecule has 3 rings (SSSR count). The summed E-state index contributed by atoms with van der Waals surface area (Å²) in [5.41, 5.74) is 1.46. The molecule has 3 heterocycles. The Balaban J connectivity index is 1.78. The van der Waals surface area contributed by atoms with E-state index < -0.39 is 0 Å². The summed E-state index contributed by atoms with van der Waals surface area (Å²) in [6, 6.07) is 6.94. The first-order valence-corrected chi connectivity index (χ1v) is 8.03. The molecule has 4 heteroatoms. The molecule has 2 unspecified atom stereocenters. The number of fused-ring (bicyclic) bond motifs is 1. The summed E-state index contributed by atoms with van der Waals surface area (Å²) in [6.45, 7) is 4.47. The van der Waals surface area contributed by atoms with E-state index in [1.165, 1.54) is 16.2 Å². The van der Waals surface area contributed by atoms with Crippen molar-refractivity contribution < 1.29 is 4.42 Å². The zero-order chi connectivity index (χ0) is 12.5. The minimum atomic E-state index is 0.257. The van der Waals surface area contributed by atoms with Crippen molar-refractivity contribution >= 4 is 23.1 Å². The Morgan fingerprint density at radius 1 is 1.44 bits per heavy atom. The predicted molar refractivity (Wildman–Crippen MR) is 77.3 cm³/mol. The quantitative estimate of drug-likeness (QED) is 0.887. The lowest BCUT2D eigenvalue weighted by atomic mass is 10.0. The highest BCUT2D eigenvalue weighted by molar-refractivity contribution is 8.01. The Bertz CT molecular complexity index is 506. The van der Waals surface area contributed by atoms with Crippen molar-refractivity contribution in [2.75, 3.05) is 0 Å². The van der Waals surface area contributed by atoms with Crippen LogP contribution in [0, 0.1) is 0 Å². The van der Waals surface area contributed by atoms with Crippen LogP contribution < -0.4 is 5.32 Å². The van der Waals surface area contributed by atoms with Crippen molar-refractivity contribution in [2.45, 2.75) is 41.8 Å². The average Bonchev–Trinajstić information content (AvgIpc) is 2.98. The molecule has 2 aromatic heterocycles. The zero-order valence-electron chi connectivity index (χ0n) is 10.6. The average molecular weight is 279 g/mol. The highest BCUT2D eigenvalue weighted by Gasteiger charge is 2.27. The van der Waals surface area contributed by atoms with Gasteiger partial charge in [0.05, 0.1) is 16.5 Å². The third kappa shape index (κ3) is 2.37. The van der Waals surface area contributed by atoms with Crippen LogP contribution in [0.4, 0.5) is 0 Å². The van der Waals surface area contributed by atoms with Gasteiger partial charge in [0, 0.05) is 11.3 Å². The van der Waals surface area contributed by atoms with Gasteiger partial charge in [0.15, 0.2) is 0 Å². The number of hydrogen-bond donors (Lipinski definition) is 1. The lowest BCUT2D eigenvalue weighted by Crippen LogP contribution is -2.28. The largest absolute Gasteiger partial charge is 0.468 e. The summed E-state index contributed by atoms with van der Waals surface area (Å²) in [4.78, 5) is 0. The van der Waals surface area contributed by atoms with Gasteiger partial charge in [-0.3, -0.25) is 0 Å². The van der Waals surface area contributed by atoms with Crippen molar-refractivity contribution in [2.24, 2.45) is 0 Å². The first kappa shape index (κ1) is 12.3. The number of furan rings is 1. The third-order valence-corrected chi connectivity index (χ3v) is 5.67. The Kier molecular flexibility index (Phi) is 3.50. The maximum absolute atomic E-state index is 5.47. The van der Waals surface area contributed by atoms with E-state index in [2.05, 4.69) is 30.6 Å². The van der Waals surface area contributed by atoms with Crippen molar-refractivity contribution in [1.82, 2.24) is 5.32 Å². The summed E-state index contributed by atoms with van der Waals surface area (Å²) < 4.78 is 6.94. The van der Waals surface area contributed by atoms with Crippen LogP contribution >= 0.6 is 23.1 Å². The molecular formula is C14H17NOS2. The van der Waals surface area contributed by atoms with Gasteiger partial charge in [-0.2, -0.15) is 0 Å². The van der Waals surface area contributed by atoms with Gasteiger partial charge in [0.1, 0.15) is 5.76 Å². The Morgan fingerprint density at radius 3 is 3.11 bits per heavy atom. The van der Waals surface area contributed by atoms with Gasteiger partial charge in [0.25, 0.3) is 0 Å². The van der Waals surface area contributed by atoms with Crippen LogP contribution in [0.2, 0.25) is 0 Å². The van der Waals surface area contributed by atoms with Crippen LogP contribution in [0.5, 0.6) is 0 Å². The van der Waals surface area contributed by atoms with Gasteiger partial charge < -0.3 is 9.73 Å². The normalized spacial score (nSPS) is 24.8. The summed E-state index contributed by atoms with van der Waals surface area (Å²) >= 11 is 3.86. The monoisotopic (exact) mass is 279 g/mol. The highest BCUT2D eigenvalue weighted by Crippen LogP contribution is 2.44. The molecule has 96 valence electrons. The molecule has 0 saturated carbocycles. The molecule has 1 aliphatic rings. The fraction of sp³-hybridized carbons (Fsp3) is 0.429. The molecule has 0 bridgehead atoms. The molecule has 2 nitrogen and oxygen atoms in total. The summed E-state index contributed by atoms with van der Waals surface area (Å²) in [5.74, 6) is 1.01. The van der Waals surface area contributed by atoms with Crippen LogP contribution in [0.3, 0.4) is 0 Å². The molecule has 2 aromatic rings. The first-order chi connectivity index (χ1) is 8.74. The molecular weight excluding hydrogens is 262 g/mol. The molecule has 18 heavy (non-hydrogen) atoms. The van der Waals surface area contributed by atoms with Crippen molar-refractivity contribution in [3.63, 3.8) is 0 Å². The van der Waals surface area contributed by atoms with E-state index in [1.54, 1.807) is 6.26 Å². The number of hydrogen-bond acceptors (Lipinski definition) is 4. The van der Waals surface area contributed by atoms with Crippen LogP contribution in [-0.2, 0) is 0 Å². The number of nitrogens with one attached hydrogen (secondary N) is 1. The van der Waals surface area contributed by atoms with E-state index in [4.69, 9.17) is 4.42 Å². The molecule has 0 aliphatic carbocycles. The summed E-state index contributed by atoms with van der Waals surface area (Å²) in [5, 5.41) is 6.57. The lowest BCUT2D eigenvalue weighted by Gasteiger charge is -2.29. The minimum Gasteiger partial charge on any atom is -0.468 e. The smallest absolute Gasteiger partial charge is 0.120 e. The fourth-order valence-electron chi connectivity index (χ4n) is 2.43. The van der Waals surface area contributed by atoms with E-state index in [0.29, 0.717) is 11.3 Å². The minimum absolute atomic E-state index is 0.257. The standard InChI is InChI=1S/C14H17NOS2/c1-9-8-12(11-5-7-17-14(11)18-9)15-10(2)13-4-3-6-16-13/h3-7,9-10,12,15H,8H2,1-2H3/t9-,10?,12?/m0/s1. The van der Waals surface area contributed by atoms with E-state index in [1.807, 2.05) is 35.2 Å². The maximum Gasteiger partial charge on any atom is 0.120 e. The Morgan fingerprint density at radius 2 is 2.33 bits per heavy atom. The highest BCUT2D eigenvalue weighted by atomic mass is 32.2. The van der Waals surface area contributed by atoms with E-state index >= 15 is 0 Å². The van der Waals surface area contributed by atoms with Crippen LogP contribution in [0.1, 0.15) is 43.7 Å². The molecule has 0 amide bonds. The van der Waals surface area contributed by atoms with Gasteiger partial charge in [-0.15, -0.1) is 23.1 Å². The molecule has 0 spiro atoms. The molecule has 0 radical (unpaired) electrons. The zero-order valence-corrected chi connectivity index (χ0v) is 12.2. The van der Waals surface area contributed by atoms with E-state index in [-0.39, 0.29) is 6.04 Å². The van der Waals surface area contributed by atoms with E-state index in [9.17, 15) is 0 Å². The fourth-order valence-corrected chi connectivity index (χ4v) is 5.00. The van der Waals surface area contributed by atoms with Gasteiger partial charge in [-0.1, -0.05) is 6.92 Å². The topological polar surface area (TPSA) is 25.2 Å². The molecule has 0 aromatic carbocycles. The number of thioether (sulfide) groups is 1. The van der Waals surface area contributed by atoms with Gasteiger partial charge in [0.2, 0.25) is 0 Å². The van der Waals surface area contributed by atoms with E-state index in [0.717, 1.165) is 5.76 Å². The second-order valence-electron chi connectivity index (χ2n) is 4.78. The molecule has 1 N–H and O–H groups in total. The first-order valence-electron chi connectivity index (χ1n) is 6.27. The van der Waals surface area contributed by atoms with Crippen molar-refractivity contribution in [3.05, 3.63) is 41.2 Å². The second kappa shape index (κ2) is 5.11. The summed E-state index contributed by atoms with van der Waals surface area (Å²) in [6.07, 6.45) is 2.92. The molecule has 1 aliphatic heterocycles. The maximum atomic E-state index is 5.47. The van der Waals surface area contributed by atoms with Gasteiger partial charge >= 0.3 is 0 Å². The second-order valence-corrected chi connectivity index (χ2v) is 7.41. The van der Waals surface area contributed by atoms with Crippen molar-refractivity contribution in [3.8, 4) is 0 Å². The lowest BCUT2D eigenvalue weighted by molar-refractivity contribution is 0.377. The van der Waals surface area contributed by atoms with Gasteiger partial charge in [-0.05, 0) is 42.5 Å². The van der Waals surface area contributed by atoms with Gasteiger partial charge in [-0.25, -0.2) is 0 Å². The molecule has 0 fully saturated rings. The van der Waals surface area contributed by atoms with Crippen LogP contribution in [0.15, 0.2) is 38.5 Å². The predicted octanol–water partition coefficient (Wildman–Crippen LogP) is 4.62.